The highest BCUT2D eigenvalue weighted by Crippen LogP contribution is 2.41. The van der Waals surface area contributed by atoms with Crippen LogP contribution in [0.4, 0.5) is 18.0 Å². The van der Waals surface area contributed by atoms with E-state index in [9.17, 15) is 23.1 Å². The minimum Gasteiger partial charge on any atom is -0.444 e. The fourth-order valence-corrected chi connectivity index (χ4v) is 2.20. The number of carbonyl (C=O) groups is 1. The molecule has 0 aliphatic carbocycles. The molecule has 0 saturated carbocycles. The van der Waals surface area contributed by atoms with Crippen LogP contribution < -0.4 is 0 Å². The average Bonchev–Trinajstić information content (AvgIpc) is 2.25. The second kappa shape index (κ2) is 5.42. The molecule has 7 heteroatoms. The summed E-state index contributed by atoms with van der Waals surface area (Å²) in [5.41, 5.74) is -1.89. The standard InChI is InChI=1S/C13H22F3NO3/c1-11(2,3)20-10(19)17-7-5-12(4,6-8-17)9(18)13(14,15)16/h9,18H,5-8H2,1-4H3. The maximum absolute atomic E-state index is 12.6. The maximum atomic E-state index is 12.6. The second-order valence-electron chi connectivity index (χ2n) is 6.57. The van der Waals surface area contributed by atoms with Gasteiger partial charge in [-0.05, 0) is 33.6 Å². The van der Waals surface area contributed by atoms with Crippen LogP contribution in [0.3, 0.4) is 0 Å². The van der Waals surface area contributed by atoms with E-state index >= 15 is 0 Å². The van der Waals surface area contributed by atoms with Crippen LogP contribution in [0.1, 0.15) is 40.5 Å². The van der Waals surface area contributed by atoms with E-state index in [1.165, 1.54) is 11.8 Å². The molecular weight excluding hydrogens is 275 g/mol. The lowest BCUT2D eigenvalue weighted by atomic mass is 9.75. The number of piperidine rings is 1. The summed E-state index contributed by atoms with van der Waals surface area (Å²) in [6.45, 7) is 6.89. The molecule has 1 fully saturated rings. The minimum absolute atomic E-state index is 0.0902. The Balaban J connectivity index is 2.61. The van der Waals surface area contributed by atoms with E-state index < -0.39 is 29.4 Å². The molecule has 20 heavy (non-hydrogen) atoms. The summed E-state index contributed by atoms with van der Waals surface area (Å²) in [5, 5.41) is 9.42. The molecule has 1 saturated heterocycles. The van der Waals surface area contributed by atoms with Crippen molar-refractivity contribution in [1.29, 1.82) is 0 Å². The minimum atomic E-state index is -4.64. The summed E-state index contributed by atoms with van der Waals surface area (Å²) >= 11 is 0. The molecule has 1 heterocycles. The number of hydrogen-bond acceptors (Lipinski definition) is 3. The fraction of sp³-hybridized carbons (Fsp3) is 0.923. The van der Waals surface area contributed by atoms with E-state index in [0.29, 0.717) is 0 Å². The van der Waals surface area contributed by atoms with E-state index in [4.69, 9.17) is 4.74 Å². The number of ether oxygens (including phenoxy) is 1. The van der Waals surface area contributed by atoms with E-state index in [1.807, 2.05) is 0 Å². The maximum Gasteiger partial charge on any atom is 0.414 e. The van der Waals surface area contributed by atoms with Crippen LogP contribution in [0.15, 0.2) is 0 Å². The average molecular weight is 297 g/mol. The van der Waals surface area contributed by atoms with Crippen molar-refractivity contribution < 1.29 is 27.8 Å². The van der Waals surface area contributed by atoms with Gasteiger partial charge in [0.15, 0.2) is 6.10 Å². The number of hydrogen-bond donors (Lipinski definition) is 1. The van der Waals surface area contributed by atoms with Gasteiger partial charge in [-0.1, -0.05) is 6.92 Å². The third-order valence-corrected chi connectivity index (χ3v) is 3.53. The molecule has 1 aliphatic heterocycles. The SMILES string of the molecule is CC(C)(C)OC(=O)N1CCC(C)(C(O)C(F)(F)F)CC1. The molecule has 1 aliphatic rings. The highest BCUT2D eigenvalue weighted by molar-refractivity contribution is 5.68. The van der Waals surface area contributed by atoms with Crippen LogP contribution in [0.5, 0.6) is 0 Å². The fourth-order valence-electron chi connectivity index (χ4n) is 2.20. The van der Waals surface area contributed by atoms with Crippen molar-refractivity contribution in [2.45, 2.75) is 58.4 Å². The Labute approximate surface area is 116 Å². The first-order chi connectivity index (χ1) is 8.85. The van der Waals surface area contributed by atoms with Gasteiger partial charge in [-0.15, -0.1) is 0 Å². The third-order valence-electron chi connectivity index (χ3n) is 3.53. The van der Waals surface area contributed by atoms with E-state index in [-0.39, 0.29) is 25.9 Å². The van der Waals surface area contributed by atoms with Crippen LogP contribution in [-0.2, 0) is 4.74 Å². The zero-order valence-corrected chi connectivity index (χ0v) is 12.3. The lowest BCUT2D eigenvalue weighted by Crippen LogP contribution is -2.51. The van der Waals surface area contributed by atoms with E-state index in [1.54, 1.807) is 20.8 Å². The molecule has 0 aromatic rings. The van der Waals surface area contributed by atoms with E-state index in [2.05, 4.69) is 0 Å². The summed E-state index contributed by atoms with van der Waals surface area (Å²) in [4.78, 5) is 13.2. The lowest BCUT2D eigenvalue weighted by Gasteiger charge is -2.42. The molecule has 1 N–H and O–H groups in total. The molecule has 4 nitrogen and oxygen atoms in total. The lowest BCUT2D eigenvalue weighted by molar-refractivity contribution is -0.242. The van der Waals surface area contributed by atoms with Crippen molar-refractivity contribution >= 4 is 6.09 Å². The van der Waals surface area contributed by atoms with Gasteiger partial charge in [-0.25, -0.2) is 4.79 Å². The van der Waals surface area contributed by atoms with Crippen molar-refractivity contribution in [3.8, 4) is 0 Å². The Bertz CT molecular complexity index is 355. The van der Waals surface area contributed by atoms with Crippen LogP contribution in [0.25, 0.3) is 0 Å². The highest BCUT2D eigenvalue weighted by atomic mass is 19.4. The topological polar surface area (TPSA) is 49.8 Å². The number of aliphatic hydroxyl groups is 1. The number of aliphatic hydroxyl groups excluding tert-OH is 1. The zero-order chi connectivity index (χ0) is 15.8. The van der Waals surface area contributed by atoms with Gasteiger partial charge in [-0.2, -0.15) is 13.2 Å². The third kappa shape index (κ3) is 4.26. The second-order valence-corrected chi connectivity index (χ2v) is 6.57. The van der Waals surface area contributed by atoms with Crippen LogP contribution >= 0.6 is 0 Å². The zero-order valence-electron chi connectivity index (χ0n) is 12.3. The van der Waals surface area contributed by atoms with Crippen molar-refractivity contribution in [3.63, 3.8) is 0 Å². The van der Waals surface area contributed by atoms with Crippen LogP contribution in [0, 0.1) is 5.41 Å². The van der Waals surface area contributed by atoms with Crippen molar-refractivity contribution in [3.05, 3.63) is 0 Å². The van der Waals surface area contributed by atoms with Crippen LogP contribution in [0.2, 0.25) is 0 Å². The normalized spacial score (nSPS) is 21.5. The number of amides is 1. The molecule has 1 unspecified atom stereocenters. The molecule has 1 rings (SSSR count). The van der Waals surface area contributed by atoms with Gasteiger partial charge in [0.25, 0.3) is 0 Å². The Morgan fingerprint density at radius 1 is 1.25 bits per heavy atom. The van der Waals surface area contributed by atoms with Gasteiger partial charge < -0.3 is 14.7 Å². The molecule has 118 valence electrons. The molecule has 0 aromatic heterocycles. The smallest absolute Gasteiger partial charge is 0.414 e. The van der Waals surface area contributed by atoms with Gasteiger partial charge in [0.05, 0.1) is 0 Å². The van der Waals surface area contributed by atoms with Gasteiger partial charge in [0.2, 0.25) is 0 Å². The molecule has 0 bridgehead atoms. The molecule has 0 radical (unpaired) electrons. The van der Waals surface area contributed by atoms with Crippen LogP contribution in [-0.4, -0.2) is 47.1 Å². The first-order valence-corrected chi connectivity index (χ1v) is 6.58. The molecule has 1 amide bonds. The summed E-state index contributed by atoms with van der Waals surface area (Å²) < 4.78 is 43.0. The molecular formula is C13H22F3NO3. The number of alkyl halides is 3. The number of carbonyl (C=O) groups excluding carboxylic acids is 1. The predicted octanol–water partition coefficient (Wildman–Crippen LogP) is 2.95. The monoisotopic (exact) mass is 297 g/mol. The molecule has 0 spiro atoms. The van der Waals surface area contributed by atoms with Crippen molar-refractivity contribution in [2.24, 2.45) is 5.41 Å². The Morgan fingerprint density at radius 2 is 1.70 bits per heavy atom. The predicted molar refractivity (Wildman–Crippen MR) is 67.2 cm³/mol. The molecule has 1 atom stereocenters. The van der Waals surface area contributed by atoms with E-state index in [0.717, 1.165) is 0 Å². The summed E-state index contributed by atoms with van der Waals surface area (Å²) in [6.07, 6.45) is -7.35. The largest absolute Gasteiger partial charge is 0.444 e. The summed E-state index contributed by atoms with van der Waals surface area (Å²) in [5.74, 6) is 0. The Morgan fingerprint density at radius 3 is 2.05 bits per heavy atom. The number of rotatable bonds is 1. The summed E-state index contributed by atoms with van der Waals surface area (Å²) in [7, 11) is 0. The Hall–Kier alpha value is -0.980. The highest BCUT2D eigenvalue weighted by Gasteiger charge is 2.51. The quantitative estimate of drug-likeness (QED) is 0.809. The molecule has 0 aromatic carbocycles. The summed E-state index contributed by atoms with van der Waals surface area (Å²) in [6, 6.07) is 0. The number of likely N-dealkylation sites (tertiary alicyclic amines) is 1. The Kier molecular flexibility index (Phi) is 4.63. The number of halogens is 3. The van der Waals surface area contributed by atoms with Gasteiger partial charge in [0.1, 0.15) is 5.60 Å². The van der Waals surface area contributed by atoms with Crippen molar-refractivity contribution in [1.82, 2.24) is 4.90 Å². The first-order valence-electron chi connectivity index (χ1n) is 6.58. The van der Waals surface area contributed by atoms with Gasteiger partial charge in [0, 0.05) is 18.5 Å². The van der Waals surface area contributed by atoms with Gasteiger partial charge in [-0.3, -0.25) is 0 Å². The number of nitrogens with zero attached hydrogens (tertiary/aromatic N) is 1. The first kappa shape index (κ1) is 17.1. The van der Waals surface area contributed by atoms with Crippen molar-refractivity contribution in [2.75, 3.05) is 13.1 Å². The van der Waals surface area contributed by atoms with Gasteiger partial charge >= 0.3 is 12.3 Å².